The number of fused-ring (bicyclic) bond motifs is 1. The lowest BCUT2D eigenvalue weighted by atomic mass is 10.0. The topological polar surface area (TPSA) is 70.8 Å². The third-order valence-corrected chi connectivity index (χ3v) is 6.55. The molecule has 2 aliphatic heterocycles. The number of benzene rings is 1. The Labute approximate surface area is 176 Å². The van der Waals surface area contributed by atoms with Gasteiger partial charge in [0.1, 0.15) is 6.54 Å². The molecule has 0 N–H and O–H groups in total. The minimum Gasteiger partial charge on any atom is -0.339 e. The summed E-state index contributed by atoms with van der Waals surface area (Å²) in [4.78, 5) is 44.0. The van der Waals surface area contributed by atoms with E-state index in [2.05, 4.69) is 11.8 Å². The number of aromatic nitrogens is 2. The van der Waals surface area contributed by atoms with Crippen LogP contribution in [0.25, 0.3) is 11.0 Å². The van der Waals surface area contributed by atoms with Gasteiger partial charge in [0.25, 0.3) is 0 Å². The van der Waals surface area contributed by atoms with Crippen molar-refractivity contribution in [1.82, 2.24) is 23.8 Å². The van der Waals surface area contributed by atoms with Crippen molar-refractivity contribution in [2.75, 3.05) is 39.3 Å². The molecule has 2 saturated heterocycles. The zero-order chi connectivity index (χ0) is 21.3. The summed E-state index contributed by atoms with van der Waals surface area (Å²) in [6.07, 6.45) is 3.37. The highest BCUT2D eigenvalue weighted by molar-refractivity contribution is 5.81. The molecule has 1 atom stereocenters. The molecule has 2 fully saturated rings. The number of hydrogen-bond acceptors (Lipinski definition) is 4. The van der Waals surface area contributed by atoms with Crippen LogP contribution >= 0.6 is 0 Å². The molecule has 2 aromatic rings. The van der Waals surface area contributed by atoms with Crippen molar-refractivity contribution in [3.8, 4) is 0 Å². The fraction of sp³-hybridized carbons (Fsp3) is 0.591. The minimum absolute atomic E-state index is 0.0460. The van der Waals surface area contributed by atoms with Gasteiger partial charge in [0.2, 0.25) is 11.8 Å². The van der Waals surface area contributed by atoms with Crippen molar-refractivity contribution < 1.29 is 9.59 Å². The van der Waals surface area contributed by atoms with Crippen LogP contribution in [0.3, 0.4) is 0 Å². The maximum absolute atomic E-state index is 12.9. The van der Waals surface area contributed by atoms with Crippen molar-refractivity contribution >= 4 is 22.8 Å². The summed E-state index contributed by atoms with van der Waals surface area (Å²) >= 11 is 0. The van der Waals surface area contributed by atoms with Crippen LogP contribution in [-0.2, 0) is 23.2 Å². The number of carbonyl (C=O) groups is 2. The van der Waals surface area contributed by atoms with Gasteiger partial charge in [-0.15, -0.1) is 0 Å². The molecule has 2 amide bonds. The Morgan fingerprint density at radius 2 is 1.63 bits per heavy atom. The van der Waals surface area contributed by atoms with E-state index in [0.717, 1.165) is 30.4 Å². The van der Waals surface area contributed by atoms with Gasteiger partial charge in [-0.2, -0.15) is 0 Å². The first-order valence-corrected chi connectivity index (χ1v) is 10.9. The molecule has 8 nitrogen and oxygen atoms in total. The number of hydrogen-bond donors (Lipinski definition) is 0. The standard InChI is InChI=1S/C22H31N5O3/c1-17-7-5-6-10-26(17)21(29)15-24-11-13-25(14-12-24)20(28)16-27-19-9-4-3-8-18(19)23(2)22(27)30/h3-4,8-9,17H,5-7,10-16H2,1-2H3. The Bertz CT molecular complexity index is 986. The molecule has 1 aromatic carbocycles. The fourth-order valence-corrected chi connectivity index (χ4v) is 4.66. The smallest absolute Gasteiger partial charge is 0.329 e. The molecule has 0 saturated carbocycles. The Morgan fingerprint density at radius 1 is 0.933 bits per heavy atom. The summed E-state index contributed by atoms with van der Waals surface area (Å²) < 4.78 is 3.12. The van der Waals surface area contributed by atoms with Crippen molar-refractivity contribution in [3.05, 3.63) is 34.7 Å². The van der Waals surface area contributed by atoms with Crippen LogP contribution in [0.15, 0.2) is 29.1 Å². The number of nitrogens with zero attached hydrogens (tertiary/aromatic N) is 5. The Kier molecular flexibility index (Phi) is 5.94. The van der Waals surface area contributed by atoms with Crippen LogP contribution in [-0.4, -0.2) is 81.0 Å². The molecular formula is C22H31N5O3. The molecule has 0 bridgehead atoms. The number of carbonyl (C=O) groups excluding carboxylic acids is 2. The second-order valence-electron chi connectivity index (χ2n) is 8.51. The van der Waals surface area contributed by atoms with Gasteiger partial charge >= 0.3 is 5.69 Å². The summed E-state index contributed by atoms with van der Waals surface area (Å²) in [6, 6.07) is 7.85. The number of amides is 2. The van der Waals surface area contributed by atoms with Crippen LogP contribution < -0.4 is 5.69 Å². The maximum atomic E-state index is 12.9. The predicted octanol–water partition coefficient (Wildman–Crippen LogP) is 0.885. The van der Waals surface area contributed by atoms with Gasteiger partial charge in [-0.3, -0.25) is 23.6 Å². The number of likely N-dealkylation sites (tertiary alicyclic amines) is 1. The molecule has 30 heavy (non-hydrogen) atoms. The van der Waals surface area contributed by atoms with Gasteiger partial charge in [0.05, 0.1) is 17.6 Å². The van der Waals surface area contributed by atoms with E-state index in [1.54, 1.807) is 21.1 Å². The number of piperazine rings is 1. The van der Waals surface area contributed by atoms with E-state index in [4.69, 9.17) is 0 Å². The van der Waals surface area contributed by atoms with E-state index in [-0.39, 0.29) is 24.0 Å². The third kappa shape index (κ3) is 4.01. The second kappa shape index (κ2) is 8.63. The molecular weight excluding hydrogens is 382 g/mol. The summed E-state index contributed by atoms with van der Waals surface area (Å²) in [5.41, 5.74) is 1.42. The zero-order valence-corrected chi connectivity index (χ0v) is 17.9. The largest absolute Gasteiger partial charge is 0.339 e. The molecule has 0 aliphatic carbocycles. The number of para-hydroxylation sites is 2. The molecule has 4 rings (SSSR count). The molecule has 3 heterocycles. The highest BCUT2D eigenvalue weighted by Gasteiger charge is 2.27. The van der Waals surface area contributed by atoms with Gasteiger partial charge in [0.15, 0.2) is 0 Å². The molecule has 1 aromatic heterocycles. The first-order chi connectivity index (χ1) is 14.5. The molecule has 8 heteroatoms. The zero-order valence-electron chi connectivity index (χ0n) is 17.9. The SMILES string of the molecule is CC1CCCCN1C(=O)CN1CCN(C(=O)Cn2c(=O)n(C)c3ccccc32)CC1. The van der Waals surface area contributed by atoms with Crippen LogP contribution in [0.4, 0.5) is 0 Å². The molecule has 162 valence electrons. The van der Waals surface area contributed by atoms with Gasteiger partial charge in [0, 0.05) is 45.8 Å². The summed E-state index contributed by atoms with van der Waals surface area (Å²) in [6.45, 7) is 6.00. The average molecular weight is 414 g/mol. The highest BCUT2D eigenvalue weighted by Crippen LogP contribution is 2.17. The Hall–Kier alpha value is -2.61. The summed E-state index contributed by atoms with van der Waals surface area (Å²) in [7, 11) is 1.73. The molecule has 0 radical (unpaired) electrons. The van der Waals surface area contributed by atoms with Crippen LogP contribution in [0, 0.1) is 0 Å². The average Bonchev–Trinajstić information content (AvgIpc) is 2.99. The number of imidazole rings is 1. The van der Waals surface area contributed by atoms with E-state index < -0.39 is 0 Å². The number of aryl methyl sites for hydroxylation is 1. The fourth-order valence-electron chi connectivity index (χ4n) is 4.66. The van der Waals surface area contributed by atoms with Crippen molar-refractivity contribution in [2.45, 2.75) is 38.8 Å². The lowest BCUT2D eigenvalue weighted by Crippen LogP contribution is -2.53. The summed E-state index contributed by atoms with van der Waals surface area (Å²) in [5.74, 6) is 0.147. The van der Waals surface area contributed by atoms with Crippen molar-refractivity contribution in [3.63, 3.8) is 0 Å². The normalized spacial score (nSPS) is 20.7. The molecule has 0 spiro atoms. The van der Waals surface area contributed by atoms with Gasteiger partial charge in [-0.1, -0.05) is 12.1 Å². The second-order valence-corrected chi connectivity index (χ2v) is 8.51. The number of piperidine rings is 1. The lowest BCUT2D eigenvalue weighted by molar-refractivity contribution is -0.137. The van der Waals surface area contributed by atoms with Gasteiger partial charge in [-0.25, -0.2) is 4.79 Å². The van der Waals surface area contributed by atoms with Crippen molar-refractivity contribution in [2.24, 2.45) is 7.05 Å². The first-order valence-electron chi connectivity index (χ1n) is 10.9. The monoisotopic (exact) mass is 413 g/mol. The van der Waals surface area contributed by atoms with Crippen LogP contribution in [0.1, 0.15) is 26.2 Å². The lowest BCUT2D eigenvalue weighted by Gasteiger charge is -2.38. The van der Waals surface area contributed by atoms with Crippen LogP contribution in [0.5, 0.6) is 0 Å². The van der Waals surface area contributed by atoms with Crippen molar-refractivity contribution in [1.29, 1.82) is 0 Å². The van der Waals surface area contributed by atoms with E-state index in [9.17, 15) is 14.4 Å². The quantitative estimate of drug-likeness (QED) is 0.746. The van der Waals surface area contributed by atoms with E-state index in [0.29, 0.717) is 38.8 Å². The van der Waals surface area contributed by atoms with Crippen LogP contribution in [0.2, 0.25) is 0 Å². The molecule has 1 unspecified atom stereocenters. The van der Waals surface area contributed by atoms with E-state index >= 15 is 0 Å². The third-order valence-electron chi connectivity index (χ3n) is 6.55. The van der Waals surface area contributed by atoms with E-state index in [1.807, 2.05) is 29.2 Å². The maximum Gasteiger partial charge on any atom is 0.329 e. The van der Waals surface area contributed by atoms with Gasteiger partial charge in [-0.05, 0) is 38.3 Å². The van der Waals surface area contributed by atoms with Gasteiger partial charge < -0.3 is 9.80 Å². The predicted molar refractivity (Wildman–Crippen MR) is 115 cm³/mol. The Balaban J connectivity index is 1.33. The minimum atomic E-state index is -0.176. The first kappa shape index (κ1) is 20.7. The molecule has 2 aliphatic rings. The number of rotatable bonds is 4. The van der Waals surface area contributed by atoms with E-state index in [1.165, 1.54) is 6.42 Å². The highest BCUT2D eigenvalue weighted by atomic mass is 16.2. The summed E-state index contributed by atoms with van der Waals surface area (Å²) in [5, 5.41) is 0. The Morgan fingerprint density at radius 3 is 2.33 bits per heavy atom.